The van der Waals surface area contributed by atoms with E-state index >= 15 is 0 Å². The van der Waals surface area contributed by atoms with Gasteiger partial charge in [0, 0.05) is 44.5 Å². The van der Waals surface area contributed by atoms with Gasteiger partial charge in [-0.05, 0) is 38.2 Å². The molecule has 0 spiro atoms. The molecule has 1 aliphatic heterocycles. The molecule has 0 unspecified atom stereocenters. The Labute approximate surface area is 185 Å². The van der Waals surface area contributed by atoms with Crippen LogP contribution in [0.15, 0.2) is 47.0 Å². The van der Waals surface area contributed by atoms with Gasteiger partial charge in [-0.2, -0.15) is 0 Å². The van der Waals surface area contributed by atoms with Crippen LogP contribution in [0, 0.1) is 6.92 Å². The summed E-state index contributed by atoms with van der Waals surface area (Å²) in [5.74, 6) is 0.419. The van der Waals surface area contributed by atoms with Crippen molar-refractivity contribution in [3.05, 3.63) is 60.0 Å². The van der Waals surface area contributed by atoms with Crippen molar-refractivity contribution in [2.75, 3.05) is 33.2 Å². The molecule has 0 bridgehead atoms. The number of imidazole rings is 1. The second-order valence-corrected chi connectivity index (χ2v) is 7.56. The van der Waals surface area contributed by atoms with Gasteiger partial charge in [-0.3, -0.25) is 4.90 Å². The third kappa shape index (κ3) is 6.50. The number of aliphatic carboxylic acids is 2. The maximum Gasteiger partial charge on any atom is 0.328 e. The number of nitrogens with zero attached hydrogens (tertiary/aromatic N) is 5. The van der Waals surface area contributed by atoms with Crippen molar-refractivity contribution >= 4 is 23.1 Å². The number of carboxylic acids is 2. The summed E-state index contributed by atoms with van der Waals surface area (Å²) < 4.78 is 7.95. The van der Waals surface area contributed by atoms with E-state index in [0.29, 0.717) is 18.7 Å². The van der Waals surface area contributed by atoms with Gasteiger partial charge in [-0.15, -0.1) is 0 Å². The standard InChI is InChI=1S/C18H23N5O.C4H4O4/c1-14-5-6-15(24-14)12-23-17(13-22-10-8-21(2)9-11-22)20-16-4-3-7-19-18(16)23;5-3(6)1-2-4(7)8/h3-7H,8-13H2,1-2H3;1-2H,(H,5,6)(H,7,8)/b;2-1+. The number of hydrogen-bond donors (Lipinski definition) is 2. The van der Waals surface area contributed by atoms with Gasteiger partial charge in [-0.25, -0.2) is 19.6 Å². The third-order valence-corrected chi connectivity index (χ3v) is 5.02. The van der Waals surface area contributed by atoms with Crippen LogP contribution in [0.25, 0.3) is 11.2 Å². The van der Waals surface area contributed by atoms with E-state index in [1.807, 2.05) is 37.4 Å². The van der Waals surface area contributed by atoms with E-state index in [1.54, 1.807) is 0 Å². The van der Waals surface area contributed by atoms with E-state index in [9.17, 15) is 9.59 Å². The van der Waals surface area contributed by atoms with Crippen LogP contribution in [0.2, 0.25) is 0 Å². The Morgan fingerprint density at radius 1 is 1.06 bits per heavy atom. The van der Waals surface area contributed by atoms with Gasteiger partial charge < -0.3 is 24.1 Å². The molecule has 4 heterocycles. The Hall–Kier alpha value is -3.50. The molecule has 3 aromatic rings. The highest BCUT2D eigenvalue weighted by atomic mass is 16.4. The normalized spacial score (nSPS) is 15.1. The number of furan rings is 1. The highest BCUT2D eigenvalue weighted by Crippen LogP contribution is 2.19. The first-order chi connectivity index (χ1) is 15.3. The first kappa shape index (κ1) is 23.2. The largest absolute Gasteiger partial charge is 0.478 e. The van der Waals surface area contributed by atoms with Crippen molar-refractivity contribution in [2.45, 2.75) is 20.0 Å². The van der Waals surface area contributed by atoms with Crippen LogP contribution in [0.1, 0.15) is 17.3 Å². The van der Waals surface area contributed by atoms with E-state index in [2.05, 4.69) is 26.4 Å². The number of pyridine rings is 1. The van der Waals surface area contributed by atoms with E-state index in [1.165, 1.54) is 0 Å². The lowest BCUT2D eigenvalue weighted by Gasteiger charge is -2.32. The number of carboxylic acid groups (broad SMARTS) is 2. The lowest BCUT2D eigenvalue weighted by molar-refractivity contribution is -0.134. The molecule has 3 aromatic heterocycles. The highest BCUT2D eigenvalue weighted by molar-refractivity contribution is 5.89. The van der Waals surface area contributed by atoms with Crippen LogP contribution in [0.3, 0.4) is 0 Å². The Bertz CT molecular complexity index is 1080. The minimum absolute atomic E-state index is 0.558. The maximum absolute atomic E-state index is 9.55. The average molecular weight is 441 g/mol. The van der Waals surface area contributed by atoms with Gasteiger partial charge in [0.2, 0.25) is 0 Å². The molecule has 0 aromatic carbocycles. The quantitative estimate of drug-likeness (QED) is 0.551. The summed E-state index contributed by atoms with van der Waals surface area (Å²) in [6.07, 6.45) is 2.94. The van der Waals surface area contributed by atoms with Crippen molar-refractivity contribution in [1.82, 2.24) is 24.3 Å². The zero-order chi connectivity index (χ0) is 23.1. The number of piperazine rings is 1. The van der Waals surface area contributed by atoms with Gasteiger partial charge in [0.15, 0.2) is 5.65 Å². The molecular weight excluding hydrogens is 414 g/mol. The molecule has 10 heteroatoms. The van der Waals surface area contributed by atoms with E-state index in [4.69, 9.17) is 19.6 Å². The van der Waals surface area contributed by atoms with E-state index in [0.717, 1.165) is 61.2 Å². The number of hydrogen-bond acceptors (Lipinski definition) is 7. The highest BCUT2D eigenvalue weighted by Gasteiger charge is 2.19. The summed E-state index contributed by atoms with van der Waals surface area (Å²) >= 11 is 0. The lowest BCUT2D eigenvalue weighted by atomic mass is 10.3. The van der Waals surface area contributed by atoms with Crippen LogP contribution in [-0.4, -0.2) is 79.7 Å². The molecule has 170 valence electrons. The fourth-order valence-corrected chi connectivity index (χ4v) is 3.37. The Morgan fingerprint density at radius 3 is 2.34 bits per heavy atom. The molecule has 1 saturated heterocycles. The SMILES string of the molecule is Cc1ccc(Cn2c(CN3CCN(C)CC3)nc3cccnc32)o1.O=C(O)/C=C/C(=O)O. The van der Waals surface area contributed by atoms with Crippen LogP contribution in [0.5, 0.6) is 0 Å². The molecule has 4 rings (SSSR count). The zero-order valence-electron chi connectivity index (χ0n) is 18.1. The molecule has 0 aliphatic carbocycles. The number of fused-ring (bicyclic) bond motifs is 1. The molecule has 32 heavy (non-hydrogen) atoms. The average Bonchev–Trinajstić information content (AvgIpc) is 3.32. The van der Waals surface area contributed by atoms with E-state index in [-0.39, 0.29) is 0 Å². The molecule has 2 N–H and O–H groups in total. The number of rotatable bonds is 6. The summed E-state index contributed by atoms with van der Waals surface area (Å²) in [5.41, 5.74) is 1.88. The second-order valence-electron chi connectivity index (χ2n) is 7.56. The Morgan fingerprint density at radius 2 is 1.75 bits per heavy atom. The smallest absolute Gasteiger partial charge is 0.328 e. The summed E-state index contributed by atoms with van der Waals surface area (Å²) in [6.45, 7) is 7.86. The molecule has 0 saturated carbocycles. The topological polar surface area (TPSA) is 125 Å². The number of aryl methyl sites for hydroxylation is 1. The van der Waals surface area contributed by atoms with Crippen LogP contribution in [-0.2, 0) is 22.7 Å². The minimum Gasteiger partial charge on any atom is -0.478 e. The first-order valence-electron chi connectivity index (χ1n) is 10.2. The fraction of sp³-hybridized carbons (Fsp3) is 0.364. The van der Waals surface area contributed by atoms with Crippen LogP contribution in [0.4, 0.5) is 0 Å². The summed E-state index contributed by atoms with van der Waals surface area (Å²) in [4.78, 5) is 33.3. The zero-order valence-corrected chi connectivity index (χ0v) is 18.1. The number of likely N-dealkylation sites (N-methyl/N-ethyl adjacent to an activating group) is 1. The molecule has 0 amide bonds. The summed E-state index contributed by atoms with van der Waals surface area (Å²) in [7, 11) is 2.18. The van der Waals surface area contributed by atoms with Crippen LogP contribution < -0.4 is 0 Å². The molecule has 0 atom stereocenters. The van der Waals surface area contributed by atoms with Crippen molar-refractivity contribution in [1.29, 1.82) is 0 Å². The van der Waals surface area contributed by atoms with Gasteiger partial charge in [0.1, 0.15) is 22.9 Å². The molecular formula is C22H27N5O5. The monoisotopic (exact) mass is 441 g/mol. The van der Waals surface area contributed by atoms with Crippen LogP contribution >= 0.6 is 0 Å². The Kier molecular flexibility index (Phi) is 7.74. The molecule has 10 nitrogen and oxygen atoms in total. The molecule has 1 fully saturated rings. The van der Waals surface area contributed by atoms with Gasteiger partial charge >= 0.3 is 11.9 Å². The third-order valence-electron chi connectivity index (χ3n) is 5.02. The number of aromatic nitrogens is 3. The van der Waals surface area contributed by atoms with Crippen molar-refractivity contribution in [2.24, 2.45) is 0 Å². The van der Waals surface area contributed by atoms with Crippen molar-refractivity contribution in [3.8, 4) is 0 Å². The lowest BCUT2D eigenvalue weighted by Crippen LogP contribution is -2.44. The predicted octanol–water partition coefficient (Wildman–Crippen LogP) is 1.84. The van der Waals surface area contributed by atoms with E-state index < -0.39 is 11.9 Å². The van der Waals surface area contributed by atoms with Gasteiger partial charge in [-0.1, -0.05) is 0 Å². The Balaban J connectivity index is 0.000000312. The summed E-state index contributed by atoms with van der Waals surface area (Å²) in [5, 5.41) is 15.6. The van der Waals surface area contributed by atoms with Gasteiger partial charge in [0.05, 0.1) is 13.1 Å². The van der Waals surface area contributed by atoms with Gasteiger partial charge in [0.25, 0.3) is 0 Å². The first-order valence-corrected chi connectivity index (χ1v) is 10.2. The van der Waals surface area contributed by atoms with Crippen molar-refractivity contribution < 1.29 is 24.2 Å². The molecule has 0 radical (unpaired) electrons. The molecule has 1 aliphatic rings. The second kappa shape index (κ2) is 10.7. The maximum atomic E-state index is 9.55. The fourth-order valence-electron chi connectivity index (χ4n) is 3.37. The predicted molar refractivity (Wildman–Crippen MR) is 117 cm³/mol. The summed E-state index contributed by atoms with van der Waals surface area (Å²) in [6, 6.07) is 8.00. The number of carbonyl (C=O) groups is 2. The van der Waals surface area contributed by atoms with Crippen molar-refractivity contribution in [3.63, 3.8) is 0 Å². The minimum atomic E-state index is -1.26.